The number of amides is 1. The minimum absolute atomic E-state index is 0.101. The van der Waals surface area contributed by atoms with Gasteiger partial charge in [0.15, 0.2) is 0 Å². The van der Waals surface area contributed by atoms with Crippen molar-refractivity contribution in [3.05, 3.63) is 59.7 Å². The summed E-state index contributed by atoms with van der Waals surface area (Å²) in [5, 5.41) is 2.92. The number of carbonyl (C=O) groups excluding carboxylic acids is 1. The first-order valence-electron chi connectivity index (χ1n) is 6.06. The molecule has 3 N–H and O–H groups in total. The first-order chi connectivity index (χ1) is 9.20. The van der Waals surface area contributed by atoms with Gasteiger partial charge < -0.3 is 11.1 Å². The van der Waals surface area contributed by atoms with E-state index in [0.717, 1.165) is 5.56 Å². The number of carbonyl (C=O) groups is 1. The van der Waals surface area contributed by atoms with Gasteiger partial charge in [0.05, 0.1) is 11.7 Å². The number of aromatic nitrogens is 2. The zero-order valence-electron chi connectivity index (χ0n) is 10.7. The molecule has 0 radical (unpaired) electrons. The van der Waals surface area contributed by atoms with Crippen LogP contribution in [0.4, 0.5) is 0 Å². The molecule has 98 valence electrons. The summed E-state index contributed by atoms with van der Waals surface area (Å²) in [7, 11) is 0. The van der Waals surface area contributed by atoms with Crippen LogP contribution in [0.5, 0.6) is 0 Å². The summed E-state index contributed by atoms with van der Waals surface area (Å²) in [6, 6.07) is 7.04. The van der Waals surface area contributed by atoms with Gasteiger partial charge in [0.25, 0.3) is 5.91 Å². The van der Waals surface area contributed by atoms with Crippen molar-refractivity contribution in [2.45, 2.75) is 19.5 Å². The van der Waals surface area contributed by atoms with E-state index in [1.165, 1.54) is 0 Å². The maximum absolute atomic E-state index is 12.1. The lowest BCUT2D eigenvalue weighted by Gasteiger charge is -2.14. The molecule has 0 aromatic carbocycles. The van der Waals surface area contributed by atoms with E-state index in [1.54, 1.807) is 30.7 Å². The van der Waals surface area contributed by atoms with Gasteiger partial charge in [-0.3, -0.25) is 14.8 Å². The molecule has 2 heterocycles. The molecule has 0 bridgehead atoms. The van der Waals surface area contributed by atoms with E-state index in [0.29, 0.717) is 17.8 Å². The Balaban J connectivity index is 2.08. The standard InChI is InChI=1S/C14H16N4O/c1-10(12-3-2-5-16-9-12)18-14(19)11-4-6-17-13(7-11)8-15/h2-7,9-10H,8,15H2,1H3,(H,18,19)/t10-/m1/s1. The summed E-state index contributed by atoms with van der Waals surface area (Å²) in [5.41, 5.74) is 7.73. The van der Waals surface area contributed by atoms with Crippen molar-refractivity contribution in [1.82, 2.24) is 15.3 Å². The van der Waals surface area contributed by atoms with E-state index in [-0.39, 0.29) is 11.9 Å². The molecule has 2 aromatic rings. The van der Waals surface area contributed by atoms with E-state index in [4.69, 9.17) is 5.73 Å². The first kappa shape index (κ1) is 13.2. The van der Waals surface area contributed by atoms with Crippen molar-refractivity contribution < 1.29 is 4.79 Å². The maximum Gasteiger partial charge on any atom is 0.251 e. The summed E-state index contributed by atoms with van der Waals surface area (Å²) in [5.74, 6) is -0.145. The molecule has 2 aromatic heterocycles. The van der Waals surface area contributed by atoms with Gasteiger partial charge >= 0.3 is 0 Å². The zero-order valence-corrected chi connectivity index (χ0v) is 10.7. The van der Waals surface area contributed by atoms with Gasteiger partial charge in [0.1, 0.15) is 0 Å². The normalized spacial score (nSPS) is 11.9. The summed E-state index contributed by atoms with van der Waals surface area (Å²) in [6.07, 6.45) is 5.03. The molecule has 0 unspecified atom stereocenters. The lowest BCUT2D eigenvalue weighted by atomic mass is 10.1. The fourth-order valence-electron chi connectivity index (χ4n) is 1.73. The third-order valence-corrected chi connectivity index (χ3v) is 2.82. The average Bonchev–Trinajstić information content (AvgIpc) is 2.48. The minimum Gasteiger partial charge on any atom is -0.345 e. The van der Waals surface area contributed by atoms with E-state index < -0.39 is 0 Å². The Kier molecular flexibility index (Phi) is 4.20. The Labute approximate surface area is 111 Å². The molecular formula is C14H16N4O. The third kappa shape index (κ3) is 3.35. The largest absolute Gasteiger partial charge is 0.345 e. The number of hydrogen-bond donors (Lipinski definition) is 2. The van der Waals surface area contributed by atoms with Crippen molar-refractivity contribution in [3.63, 3.8) is 0 Å². The first-order valence-corrected chi connectivity index (χ1v) is 6.06. The van der Waals surface area contributed by atoms with Crippen LogP contribution in [0.1, 0.15) is 34.6 Å². The minimum atomic E-state index is -0.145. The van der Waals surface area contributed by atoms with Crippen LogP contribution in [0.25, 0.3) is 0 Å². The molecule has 0 aliphatic rings. The van der Waals surface area contributed by atoms with Crippen LogP contribution in [0, 0.1) is 0 Å². The zero-order chi connectivity index (χ0) is 13.7. The van der Waals surface area contributed by atoms with E-state index in [2.05, 4.69) is 15.3 Å². The van der Waals surface area contributed by atoms with Gasteiger partial charge in [0.2, 0.25) is 0 Å². The SMILES string of the molecule is C[C@@H](NC(=O)c1ccnc(CN)c1)c1cccnc1. The van der Waals surface area contributed by atoms with Crippen LogP contribution in [0.15, 0.2) is 42.9 Å². The lowest BCUT2D eigenvalue weighted by Crippen LogP contribution is -2.26. The molecule has 5 heteroatoms. The predicted molar refractivity (Wildman–Crippen MR) is 72.2 cm³/mol. The molecule has 2 rings (SSSR count). The molecule has 0 aliphatic carbocycles. The predicted octanol–water partition coefficient (Wildman–Crippen LogP) is 1.43. The molecule has 0 fully saturated rings. The molecule has 1 atom stereocenters. The van der Waals surface area contributed by atoms with Gasteiger partial charge in [-0.05, 0) is 30.7 Å². The fourth-order valence-corrected chi connectivity index (χ4v) is 1.73. The number of nitrogens with two attached hydrogens (primary N) is 1. The van der Waals surface area contributed by atoms with Gasteiger partial charge in [0, 0.05) is 30.7 Å². The highest BCUT2D eigenvalue weighted by Gasteiger charge is 2.11. The highest BCUT2D eigenvalue weighted by atomic mass is 16.1. The van der Waals surface area contributed by atoms with Gasteiger partial charge in [-0.25, -0.2) is 0 Å². The van der Waals surface area contributed by atoms with Crippen LogP contribution < -0.4 is 11.1 Å². The molecule has 0 saturated carbocycles. The fraction of sp³-hybridized carbons (Fsp3) is 0.214. The molecule has 0 saturated heterocycles. The summed E-state index contributed by atoms with van der Waals surface area (Å²) >= 11 is 0. The number of nitrogens with zero attached hydrogens (tertiary/aromatic N) is 2. The highest BCUT2D eigenvalue weighted by molar-refractivity contribution is 5.94. The second kappa shape index (κ2) is 6.06. The van der Waals surface area contributed by atoms with Crippen molar-refractivity contribution >= 4 is 5.91 Å². The van der Waals surface area contributed by atoms with Crippen molar-refractivity contribution in [1.29, 1.82) is 0 Å². The Hall–Kier alpha value is -2.27. The second-order valence-electron chi connectivity index (χ2n) is 4.22. The smallest absolute Gasteiger partial charge is 0.251 e. The Bertz CT molecular complexity index is 556. The monoisotopic (exact) mass is 256 g/mol. The molecular weight excluding hydrogens is 240 g/mol. The van der Waals surface area contributed by atoms with Crippen LogP contribution in [0.3, 0.4) is 0 Å². The molecule has 0 aliphatic heterocycles. The third-order valence-electron chi connectivity index (χ3n) is 2.82. The van der Waals surface area contributed by atoms with E-state index >= 15 is 0 Å². The van der Waals surface area contributed by atoms with E-state index in [9.17, 15) is 4.79 Å². The Morgan fingerprint density at radius 3 is 2.95 bits per heavy atom. The number of pyridine rings is 2. The van der Waals surface area contributed by atoms with Crippen LogP contribution in [0.2, 0.25) is 0 Å². The lowest BCUT2D eigenvalue weighted by molar-refractivity contribution is 0.0939. The van der Waals surface area contributed by atoms with Crippen molar-refractivity contribution in [2.75, 3.05) is 0 Å². The topological polar surface area (TPSA) is 80.9 Å². The van der Waals surface area contributed by atoms with Crippen molar-refractivity contribution in [3.8, 4) is 0 Å². The molecule has 1 amide bonds. The Morgan fingerprint density at radius 1 is 1.42 bits per heavy atom. The van der Waals surface area contributed by atoms with Crippen LogP contribution in [-0.4, -0.2) is 15.9 Å². The quantitative estimate of drug-likeness (QED) is 0.867. The average molecular weight is 256 g/mol. The summed E-state index contributed by atoms with van der Waals surface area (Å²) in [4.78, 5) is 20.2. The molecule has 5 nitrogen and oxygen atoms in total. The van der Waals surface area contributed by atoms with Gasteiger partial charge in [-0.15, -0.1) is 0 Å². The molecule has 0 spiro atoms. The van der Waals surface area contributed by atoms with Gasteiger partial charge in [-0.2, -0.15) is 0 Å². The van der Waals surface area contributed by atoms with Crippen LogP contribution >= 0.6 is 0 Å². The highest BCUT2D eigenvalue weighted by Crippen LogP contribution is 2.11. The summed E-state index contributed by atoms with van der Waals surface area (Å²) < 4.78 is 0. The van der Waals surface area contributed by atoms with Gasteiger partial charge in [-0.1, -0.05) is 6.07 Å². The maximum atomic E-state index is 12.1. The Morgan fingerprint density at radius 2 is 2.26 bits per heavy atom. The number of nitrogens with one attached hydrogen (secondary N) is 1. The van der Waals surface area contributed by atoms with Crippen LogP contribution in [-0.2, 0) is 6.54 Å². The van der Waals surface area contributed by atoms with E-state index in [1.807, 2.05) is 19.1 Å². The molecule has 19 heavy (non-hydrogen) atoms. The van der Waals surface area contributed by atoms with Crippen molar-refractivity contribution in [2.24, 2.45) is 5.73 Å². The summed E-state index contributed by atoms with van der Waals surface area (Å²) in [6.45, 7) is 2.24. The number of hydrogen-bond acceptors (Lipinski definition) is 4. The second-order valence-corrected chi connectivity index (χ2v) is 4.22. The number of rotatable bonds is 4.